The summed E-state index contributed by atoms with van der Waals surface area (Å²) in [6.07, 6.45) is 3.34. The van der Waals surface area contributed by atoms with E-state index in [0.29, 0.717) is 50.1 Å². The maximum Gasteiger partial charge on any atom is 0.329 e. The van der Waals surface area contributed by atoms with Crippen LogP contribution in [-0.2, 0) is 14.4 Å². The van der Waals surface area contributed by atoms with E-state index in [9.17, 15) is 14.4 Å². The zero-order chi connectivity index (χ0) is 29.6. The van der Waals surface area contributed by atoms with E-state index in [-0.39, 0.29) is 12.5 Å². The number of nitrogens with zero attached hydrogens (tertiary/aromatic N) is 1. The minimum Gasteiger partial charge on any atom is -0.497 e. The number of unbranched alkanes of at least 4 members (excludes halogenated alkanes) is 1. The molecule has 3 rings (SSSR count). The molecule has 0 spiro atoms. The van der Waals surface area contributed by atoms with Crippen LogP contribution < -0.4 is 35.0 Å². The van der Waals surface area contributed by atoms with E-state index in [1.165, 1.54) is 13.3 Å². The monoisotopic (exact) mass is 674 g/mol. The predicted octanol–water partition coefficient (Wildman–Crippen LogP) is 4.59. The molecule has 0 aliphatic carbocycles. The second-order valence-corrected chi connectivity index (χ2v) is 9.64. The number of amides is 3. The van der Waals surface area contributed by atoms with Crippen molar-refractivity contribution in [1.82, 2.24) is 5.43 Å². The van der Waals surface area contributed by atoms with Gasteiger partial charge in [0, 0.05) is 11.4 Å². The van der Waals surface area contributed by atoms with Gasteiger partial charge in [0.05, 0.1) is 30.6 Å². The number of benzene rings is 3. The molecule has 0 aliphatic rings. The Balaban J connectivity index is 1.52. The van der Waals surface area contributed by atoms with E-state index in [2.05, 4.69) is 28.1 Å². The summed E-state index contributed by atoms with van der Waals surface area (Å²) in [4.78, 5) is 36.7. The maximum absolute atomic E-state index is 12.3. The number of hydrogen-bond acceptors (Lipinski definition) is 8. The molecule has 0 fully saturated rings. The number of methoxy groups -OCH3 is 2. The lowest BCUT2D eigenvalue weighted by Gasteiger charge is -2.13. The molecule has 0 saturated heterocycles. The molecule has 11 nitrogen and oxygen atoms in total. The van der Waals surface area contributed by atoms with Gasteiger partial charge in [-0.15, -0.1) is 0 Å². The van der Waals surface area contributed by atoms with E-state index in [0.717, 1.165) is 12.8 Å². The molecule has 3 aromatic carbocycles. The Kier molecular flexibility index (Phi) is 12.2. The van der Waals surface area contributed by atoms with Crippen LogP contribution in [0.1, 0.15) is 25.3 Å². The molecule has 3 amide bonds. The summed E-state index contributed by atoms with van der Waals surface area (Å²) >= 11 is 2.04. The van der Waals surface area contributed by atoms with Gasteiger partial charge in [0.25, 0.3) is 5.91 Å². The number of halogens is 1. The van der Waals surface area contributed by atoms with Crippen LogP contribution in [0.25, 0.3) is 0 Å². The number of ether oxygens (including phenoxy) is 4. The van der Waals surface area contributed by atoms with E-state index >= 15 is 0 Å². The van der Waals surface area contributed by atoms with Crippen LogP contribution >= 0.6 is 22.6 Å². The Labute approximate surface area is 251 Å². The largest absolute Gasteiger partial charge is 0.497 e. The molecule has 216 valence electrons. The fourth-order valence-electron chi connectivity index (χ4n) is 3.34. The summed E-state index contributed by atoms with van der Waals surface area (Å²) in [5.74, 6) is -0.0546. The maximum atomic E-state index is 12.3. The van der Waals surface area contributed by atoms with Gasteiger partial charge in [-0.1, -0.05) is 13.3 Å². The summed E-state index contributed by atoms with van der Waals surface area (Å²) in [5, 5.41) is 9.11. The van der Waals surface area contributed by atoms with Gasteiger partial charge in [0.2, 0.25) is 0 Å². The third-order valence-corrected chi connectivity index (χ3v) is 6.24. The third kappa shape index (κ3) is 9.98. The van der Waals surface area contributed by atoms with E-state index in [1.807, 2.05) is 22.6 Å². The van der Waals surface area contributed by atoms with E-state index < -0.39 is 11.8 Å². The number of carbonyl (C=O) groups is 3. The lowest BCUT2D eigenvalue weighted by Crippen LogP contribution is -2.32. The van der Waals surface area contributed by atoms with Crippen LogP contribution in [0.5, 0.6) is 23.0 Å². The molecule has 0 aliphatic heterocycles. The molecule has 0 unspecified atom stereocenters. The zero-order valence-corrected chi connectivity index (χ0v) is 25.0. The predicted molar refractivity (Wildman–Crippen MR) is 164 cm³/mol. The standard InChI is InChI=1S/C29H31IN4O7/c1-4-5-14-40-23-12-8-21(9-13-23)33-28(36)29(37)34-31-17-19-15-24(30)27(25(16-19)39-3)41-18-26(35)32-20-6-10-22(38-2)11-7-20/h6-13,15-17H,4-5,14,18H2,1-3H3,(H,32,35)(H,33,36)(H,34,37)/b31-17-. The Hall–Kier alpha value is -4.33. The molecule has 0 radical (unpaired) electrons. The van der Waals surface area contributed by atoms with Crippen molar-refractivity contribution in [2.24, 2.45) is 5.10 Å². The van der Waals surface area contributed by atoms with Gasteiger partial charge in [-0.2, -0.15) is 5.10 Å². The summed E-state index contributed by atoms with van der Waals surface area (Å²) in [6, 6.07) is 17.0. The van der Waals surface area contributed by atoms with Gasteiger partial charge >= 0.3 is 11.8 Å². The van der Waals surface area contributed by atoms with Crippen LogP contribution in [0, 0.1) is 3.57 Å². The van der Waals surface area contributed by atoms with Crippen molar-refractivity contribution in [3.63, 3.8) is 0 Å². The average molecular weight is 674 g/mol. The number of rotatable bonds is 13. The zero-order valence-electron chi connectivity index (χ0n) is 22.9. The molecule has 0 bridgehead atoms. The minimum absolute atomic E-state index is 0.244. The first-order valence-corrected chi connectivity index (χ1v) is 13.7. The summed E-state index contributed by atoms with van der Waals surface area (Å²) in [5.41, 5.74) is 3.82. The molecular weight excluding hydrogens is 643 g/mol. The summed E-state index contributed by atoms with van der Waals surface area (Å²) < 4.78 is 22.5. The molecular formula is C29H31IN4O7. The Morgan fingerprint density at radius 3 is 2.15 bits per heavy atom. The Morgan fingerprint density at radius 2 is 1.51 bits per heavy atom. The highest BCUT2D eigenvalue weighted by molar-refractivity contribution is 14.1. The molecule has 0 heterocycles. The number of hydrazone groups is 1. The quantitative estimate of drug-likeness (QED) is 0.0794. The first-order chi connectivity index (χ1) is 19.8. The fourth-order valence-corrected chi connectivity index (χ4v) is 4.12. The Bertz CT molecular complexity index is 1360. The first-order valence-electron chi connectivity index (χ1n) is 12.6. The lowest BCUT2D eigenvalue weighted by atomic mass is 10.2. The van der Waals surface area contributed by atoms with Crippen LogP contribution in [0.4, 0.5) is 11.4 Å². The molecule has 0 aromatic heterocycles. The number of hydrogen-bond donors (Lipinski definition) is 3. The molecule has 12 heteroatoms. The van der Waals surface area contributed by atoms with Crippen molar-refractivity contribution in [3.8, 4) is 23.0 Å². The number of anilines is 2. The summed E-state index contributed by atoms with van der Waals surface area (Å²) in [7, 11) is 3.03. The van der Waals surface area contributed by atoms with Crippen molar-refractivity contribution in [1.29, 1.82) is 0 Å². The normalized spacial score (nSPS) is 10.5. The molecule has 0 atom stereocenters. The van der Waals surface area contributed by atoms with Gasteiger partial charge in [0.1, 0.15) is 11.5 Å². The number of nitrogens with one attached hydrogen (secondary N) is 3. The van der Waals surface area contributed by atoms with Crippen molar-refractivity contribution in [2.45, 2.75) is 19.8 Å². The number of carbonyl (C=O) groups excluding carboxylic acids is 3. The molecule has 41 heavy (non-hydrogen) atoms. The SMILES string of the molecule is CCCCOc1ccc(NC(=O)C(=O)N/N=C\c2cc(I)c(OCC(=O)Nc3ccc(OC)cc3)c(OC)c2)cc1. The first kappa shape index (κ1) is 31.2. The van der Waals surface area contributed by atoms with Crippen molar-refractivity contribution >= 4 is 57.9 Å². The van der Waals surface area contributed by atoms with Crippen molar-refractivity contribution in [2.75, 3.05) is 38.1 Å². The van der Waals surface area contributed by atoms with Gasteiger partial charge in [-0.3, -0.25) is 14.4 Å². The van der Waals surface area contributed by atoms with Crippen LogP contribution in [0.3, 0.4) is 0 Å². The topological polar surface area (TPSA) is 137 Å². The van der Waals surface area contributed by atoms with Crippen molar-refractivity contribution in [3.05, 3.63) is 69.8 Å². The summed E-state index contributed by atoms with van der Waals surface area (Å²) in [6.45, 7) is 2.45. The second kappa shape index (κ2) is 16.1. The third-order valence-electron chi connectivity index (χ3n) is 5.44. The molecule has 3 aromatic rings. The van der Waals surface area contributed by atoms with Crippen molar-refractivity contribution < 1.29 is 33.3 Å². The van der Waals surface area contributed by atoms with Gasteiger partial charge in [-0.05, 0) is 95.2 Å². The lowest BCUT2D eigenvalue weighted by molar-refractivity contribution is -0.136. The van der Waals surface area contributed by atoms with Gasteiger partial charge in [0.15, 0.2) is 18.1 Å². The van der Waals surface area contributed by atoms with Crippen LogP contribution in [0.2, 0.25) is 0 Å². The van der Waals surface area contributed by atoms with E-state index in [1.54, 1.807) is 67.8 Å². The average Bonchev–Trinajstić information content (AvgIpc) is 2.97. The molecule has 0 saturated carbocycles. The van der Waals surface area contributed by atoms with Gasteiger partial charge < -0.3 is 29.6 Å². The van der Waals surface area contributed by atoms with Gasteiger partial charge in [-0.25, -0.2) is 5.43 Å². The highest BCUT2D eigenvalue weighted by atomic mass is 127. The van der Waals surface area contributed by atoms with E-state index in [4.69, 9.17) is 18.9 Å². The van der Waals surface area contributed by atoms with Crippen LogP contribution in [-0.4, -0.2) is 51.4 Å². The minimum atomic E-state index is -0.936. The second-order valence-electron chi connectivity index (χ2n) is 8.48. The molecule has 3 N–H and O–H groups in total. The smallest absolute Gasteiger partial charge is 0.329 e. The highest BCUT2D eigenvalue weighted by Crippen LogP contribution is 2.33. The Morgan fingerprint density at radius 1 is 0.854 bits per heavy atom. The fraction of sp³-hybridized carbons (Fsp3) is 0.241. The highest BCUT2D eigenvalue weighted by Gasteiger charge is 2.15. The van der Waals surface area contributed by atoms with Crippen LogP contribution in [0.15, 0.2) is 65.8 Å².